The van der Waals surface area contributed by atoms with E-state index >= 15 is 0 Å². The van der Waals surface area contributed by atoms with Crippen molar-refractivity contribution >= 4 is 47.1 Å². The molecule has 0 unspecified atom stereocenters. The lowest BCUT2D eigenvalue weighted by Crippen LogP contribution is -2.42. The molecule has 0 spiro atoms. The lowest BCUT2D eigenvalue weighted by Gasteiger charge is -2.35. The number of anilines is 8. The predicted octanol–water partition coefficient (Wildman–Crippen LogP) is 8.86. The SMILES string of the molecule is COc1ccc(Nc2nc(NC3CCCCCC3)nc(N(C)C3CCN(C)CC3)n2)cc1F.COc1ccc(Nc2nc(NC3CCCCCC3)nc(N(C)C3CCN(C)CC3)n2)cc1F. The summed E-state index contributed by atoms with van der Waals surface area (Å²) in [5.41, 5.74) is 1.13. The second kappa shape index (κ2) is 23.9. The quantitative estimate of drug-likeness (QED) is 0.0889. The molecule has 2 aliphatic heterocycles. The first-order valence-corrected chi connectivity index (χ1v) is 24.1. The molecule has 4 fully saturated rings. The summed E-state index contributed by atoms with van der Waals surface area (Å²) in [6, 6.07) is 11.0. The molecule has 8 rings (SSSR count). The van der Waals surface area contributed by atoms with Crippen LogP contribution in [-0.4, -0.2) is 132 Å². The summed E-state index contributed by atoms with van der Waals surface area (Å²) >= 11 is 0. The van der Waals surface area contributed by atoms with Crippen LogP contribution in [0.15, 0.2) is 36.4 Å². The molecule has 4 aliphatic rings. The molecule has 2 aromatic carbocycles. The van der Waals surface area contributed by atoms with Crippen LogP contribution in [-0.2, 0) is 0 Å². The Bertz CT molecular complexity index is 1970. The monoisotopic (exact) mass is 915 g/mol. The van der Waals surface area contributed by atoms with Gasteiger partial charge in [-0.2, -0.15) is 29.9 Å². The van der Waals surface area contributed by atoms with Crippen LogP contribution < -0.4 is 40.5 Å². The molecular formula is C48H72F2N14O2. The van der Waals surface area contributed by atoms with Gasteiger partial charge in [0.1, 0.15) is 0 Å². The second-order valence-electron chi connectivity index (χ2n) is 18.5. The molecule has 2 aliphatic carbocycles. The van der Waals surface area contributed by atoms with Gasteiger partial charge in [-0.15, -0.1) is 0 Å². The first kappa shape index (κ1) is 48.6. The van der Waals surface area contributed by atoms with E-state index < -0.39 is 11.6 Å². The van der Waals surface area contributed by atoms with Gasteiger partial charge in [-0.25, -0.2) is 8.78 Å². The summed E-state index contributed by atoms with van der Waals surface area (Å²) in [4.78, 5) is 37.2. The van der Waals surface area contributed by atoms with Crippen molar-refractivity contribution < 1.29 is 18.3 Å². The highest BCUT2D eigenvalue weighted by molar-refractivity contribution is 5.59. The van der Waals surface area contributed by atoms with Gasteiger partial charge in [0.15, 0.2) is 23.1 Å². The Morgan fingerprint density at radius 2 is 0.848 bits per heavy atom. The molecule has 0 amide bonds. The van der Waals surface area contributed by atoms with Gasteiger partial charge in [-0.3, -0.25) is 0 Å². The fourth-order valence-electron chi connectivity index (χ4n) is 9.34. The Hall–Kier alpha value is -5.36. The Kier molecular flexibility index (Phi) is 17.6. The molecular weight excluding hydrogens is 843 g/mol. The third-order valence-electron chi connectivity index (χ3n) is 13.5. The first-order valence-electron chi connectivity index (χ1n) is 24.1. The Balaban J connectivity index is 0.000000196. The van der Waals surface area contributed by atoms with E-state index in [4.69, 9.17) is 29.4 Å². The highest BCUT2D eigenvalue weighted by atomic mass is 19.1. The summed E-state index contributed by atoms with van der Waals surface area (Å²) in [7, 11) is 11.3. The molecule has 0 atom stereocenters. The van der Waals surface area contributed by atoms with E-state index in [-0.39, 0.29) is 11.5 Å². The summed E-state index contributed by atoms with van der Waals surface area (Å²) in [5, 5.41) is 13.4. The van der Waals surface area contributed by atoms with E-state index in [0.717, 1.165) is 77.5 Å². The number of rotatable bonds is 14. The summed E-state index contributed by atoms with van der Waals surface area (Å²) in [6.45, 7) is 4.24. The largest absolute Gasteiger partial charge is 0.494 e. The topological polar surface area (TPSA) is 157 Å². The smallest absolute Gasteiger partial charge is 0.233 e. The molecule has 2 saturated heterocycles. The number of likely N-dealkylation sites (tertiary alicyclic amines) is 2. The number of piperidine rings is 2. The van der Waals surface area contributed by atoms with E-state index in [0.29, 0.717) is 71.2 Å². The minimum Gasteiger partial charge on any atom is -0.494 e. The van der Waals surface area contributed by atoms with Crippen LogP contribution in [0.25, 0.3) is 0 Å². The third-order valence-corrected chi connectivity index (χ3v) is 13.5. The molecule has 18 heteroatoms. The normalized spacial score (nSPS) is 18.5. The van der Waals surface area contributed by atoms with Crippen molar-refractivity contribution in [3.63, 3.8) is 0 Å². The van der Waals surface area contributed by atoms with E-state index in [1.54, 1.807) is 24.3 Å². The van der Waals surface area contributed by atoms with Crippen LogP contribution in [0.5, 0.6) is 11.5 Å². The molecule has 0 bridgehead atoms. The van der Waals surface area contributed by atoms with Crippen molar-refractivity contribution in [3.8, 4) is 11.5 Å². The van der Waals surface area contributed by atoms with Gasteiger partial charge < -0.3 is 50.3 Å². The van der Waals surface area contributed by atoms with Gasteiger partial charge in [0.2, 0.25) is 35.7 Å². The molecule has 4 aromatic rings. The van der Waals surface area contributed by atoms with Crippen molar-refractivity contribution in [2.24, 2.45) is 0 Å². The van der Waals surface area contributed by atoms with Crippen molar-refractivity contribution in [1.82, 2.24) is 39.7 Å². The van der Waals surface area contributed by atoms with Gasteiger partial charge in [-0.05, 0) is 116 Å². The highest BCUT2D eigenvalue weighted by Gasteiger charge is 2.26. The minimum absolute atomic E-state index is 0.203. The summed E-state index contributed by atoms with van der Waals surface area (Å²) in [6.07, 6.45) is 18.8. The lowest BCUT2D eigenvalue weighted by atomic mass is 10.0. The molecule has 4 heterocycles. The maximum Gasteiger partial charge on any atom is 0.233 e. The molecule has 2 aromatic heterocycles. The maximum absolute atomic E-state index is 14.2. The zero-order valence-corrected chi connectivity index (χ0v) is 40.0. The van der Waals surface area contributed by atoms with Gasteiger partial charge >= 0.3 is 0 Å². The number of ether oxygens (including phenoxy) is 2. The predicted molar refractivity (Wildman–Crippen MR) is 260 cm³/mol. The van der Waals surface area contributed by atoms with E-state index in [1.807, 2.05) is 0 Å². The number of aromatic nitrogens is 6. The maximum atomic E-state index is 14.2. The third kappa shape index (κ3) is 13.8. The molecule has 4 N–H and O–H groups in total. The van der Waals surface area contributed by atoms with Crippen LogP contribution in [0.2, 0.25) is 0 Å². The molecule has 360 valence electrons. The number of nitrogens with zero attached hydrogens (tertiary/aromatic N) is 10. The van der Waals surface area contributed by atoms with Crippen molar-refractivity contribution in [1.29, 1.82) is 0 Å². The highest BCUT2D eigenvalue weighted by Crippen LogP contribution is 2.29. The first-order chi connectivity index (χ1) is 32.0. The standard InChI is InChI=1S/2C24H36FN7O/c2*1-31-14-12-19(13-15-31)32(2)24-29-22(26-17-8-6-4-5-7-9-17)28-23(30-24)27-18-10-11-21(33-3)20(25)16-18/h2*10-11,16-17,19H,4-9,12-15H2,1-3H3,(H2,26,27,28,29,30). The van der Waals surface area contributed by atoms with E-state index in [2.05, 4.69) is 79.0 Å². The van der Waals surface area contributed by atoms with Gasteiger partial charge in [0, 0.05) is 61.8 Å². The van der Waals surface area contributed by atoms with Gasteiger partial charge in [0.25, 0.3) is 0 Å². The summed E-state index contributed by atoms with van der Waals surface area (Å²) < 4.78 is 38.5. The second-order valence-corrected chi connectivity index (χ2v) is 18.5. The Labute approximate surface area is 390 Å². The van der Waals surface area contributed by atoms with Crippen molar-refractivity contribution in [2.45, 2.75) is 127 Å². The van der Waals surface area contributed by atoms with Crippen LogP contribution in [0.1, 0.15) is 103 Å². The van der Waals surface area contributed by atoms with Crippen LogP contribution >= 0.6 is 0 Å². The van der Waals surface area contributed by atoms with Gasteiger partial charge in [-0.1, -0.05) is 51.4 Å². The van der Waals surface area contributed by atoms with E-state index in [9.17, 15) is 8.78 Å². The Morgan fingerprint density at radius 1 is 0.500 bits per heavy atom. The molecule has 16 nitrogen and oxygen atoms in total. The summed E-state index contributed by atoms with van der Waals surface area (Å²) in [5.74, 6) is 2.75. The fraction of sp³-hybridized carbons (Fsp3) is 0.625. The average molecular weight is 915 g/mol. The van der Waals surface area contributed by atoms with Crippen LogP contribution in [0, 0.1) is 11.6 Å². The number of halogens is 2. The zero-order valence-electron chi connectivity index (χ0n) is 40.0. The number of hydrogen-bond acceptors (Lipinski definition) is 16. The number of benzene rings is 2. The lowest BCUT2D eigenvalue weighted by molar-refractivity contribution is 0.252. The average Bonchev–Trinajstić information content (AvgIpc) is 3.74. The zero-order chi connectivity index (χ0) is 46.4. The molecule has 2 saturated carbocycles. The van der Waals surface area contributed by atoms with Crippen LogP contribution in [0.3, 0.4) is 0 Å². The van der Waals surface area contributed by atoms with Crippen molar-refractivity contribution in [2.75, 3.05) is 99.7 Å². The number of methoxy groups -OCH3 is 2. The molecule has 0 radical (unpaired) electrons. The minimum atomic E-state index is -0.433. The van der Waals surface area contributed by atoms with Crippen molar-refractivity contribution in [3.05, 3.63) is 48.0 Å². The van der Waals surface area contributed by atoms with E-state index in [1.165, 1.54) is 77.7 Å². The number of nitrogens with one attached hydrogen (secondary N) is 4. The number of hydrogen-bond donors (Lipinski definition) is 4. The Morgan fingerprint density at radius 3 is 1.18 bits per heavy atom. The fourth-order valence-corrected chi connectivity index (χ4v) is 9.34. The van der Waals surface area contributed by atoms with Gasteiger partial charge in [0.05, 0.1) is 14.2 Å². The van der Waals surface area contributed by atoms with Crippen LogP contribution in [0.4, 0.5) is 55.8 Å². The molecule has 66 heavy (non-hydrogen) atoms.